The fourth-order valence-electron chi connectivity index (χ4n) is 2.19. The number of aromatic nitrogens is 1. The van der Waals surface area contributed by atoms with Gasteiger partial charge in [0.1, 0.15) is 0 Å². The molecule has 0 atom stereocenters. The smallest absolute Gasteiger partial charge is 0.271 e. The van der Waals surface area contributed by atoms with Gasteiger partial charge in [-0.25, -0.2) is 5.43 Å². The summed E-state index contributed by atoms with van der Waals surface area (Å²) in [7, 11) is 0. The third-order valence-electron chi connectivity index (χ3n) is 3.47. The summed E-state index contributed by atoms with van der Waals surface area (Å²) in [6, 6.07) is 16.4. The number of nitrogens with zero attached hydrogens (tertiary/aromatic N) is 1. The van der Waals surface area contributed by atoms with Gasteiger partial charge in [-0.2, -0.15) is 5.10 Å². The Morgan fingerprint density at radius 2 is 1.87 bits per heavy atom. The summed E-state index contributed by atoms with van der Waals surface area (Å²) in [6.45, 7) is 1.95. The molecule has 1 heterocycles. The van der Waals surface area contributed by atoms with Crippen molar-refractivity contribution in [3.63, 3.8) is 0 Å². The van der Waals surface area contributed by atoms with Gasteiger partial charge >= 0.3 is 0 Å². The number of para-hydroxylation sites is 1. The summed E-state index contributed by atoms with van der Waals surface area (Å²) in [5.41, 5.74) is 4.90. The summed E-state index contributed by atoms with van der Waals surface area (Å²) in [6.07, 6.45) is 1.34. The molecule has 0 unspecified atom stereocenters. The number of aryl methyl sites for hydroxylation is 1. The minimum Gasteiger partial charge on any atom is -0.321 e. The van der Waals surface area contributed by atoms with Gasteiger partial charge in [0.05, 0.1) is 11.8 Å². The number of H-pyrrole nitrogens is 1. The Balaban J connectivity index is 1.77. The van der Waals surface area contributed by atoms with Crippen molar-refractivity contribution in [2.75, 3.05) is 0 Å². The Morgan fingerprint density at radius 3 is 2.65 bits per heavy atom. The van der Waals surface area contributed by atoms with Crippen molar-refractivity contribution >= 4 is 23.0 Å². The van der Waals surface area contributed by atoms with Crippen LogP contribution in [-0.4, -0.2) is 17.1 Å². The quantitative estimate of drug-likeness (QED) is 0.576. The lowest BCUT2D eigenvalue weighted by Crippen LogP contribution is -2.19. The van der Waals surface area contributed by atoms with Gasteiger partial charge in [0, 0.05) is 11.1 Å². The largest absolute Gasteiger partial charge is 0.321 e. The zero-order valence-corrected chi connectivity index (χ0v) is 12.5. The predicted molar refractivity (Wildman–Crippen MR) is 90.8 cm³/mol. The Hall–Kier alpha value is -3.21. The second-order valence-electron chi connectivity index (χ2n) is 5.21. The van der Waals surface area contributed by atoms with Crippen molar-refractivity contribution < 1.29 is 4.79 Å². The number of carbonyl (C=O) groups excluding carboxylic acids is 1. The highest BCUT2D eigenvalue weighted by Crippen LogP contribution is 2.09. The number of hydrogen-bond acceptors (Lipinski definition) is 3. The van der Waals surface area contributed by atoms with Crippen molar-refractivity contribution in [1.82, 2.24) is 10.4 Å². The van der Waals surface area contributed by atoms with Crippen LogP contribution < -0.4 is 11.0 Å². The van der Waals surface area contributed by atoms with Gasteiger partial charge in [0.15, 0.2) is 0 Å². The predicted octanol–water partition coefficient (Wildman–Crippen LogP) is 2.60. The van der Waals surface area contributed by atoms with Crippen LogP contribution in [0.1, 0.15) is 21.5 Å². The molecule has 1 aromatic heterocycles. The first-order chi connectivity index (χ1) is 11.1. The lowest BCUT2D eigenvalue weighted by molar-refractivity contribution is 0.0955. The lowest BCUT2D eigenvalue weighted by atomic mass is 10.1. The van der Waals surface area contributed by atoms with E-state index in [-0.39, 0.29) is 11.5 Å². The van der Waals surface area contributed by atoms with Crippen molar-refractivity contribution in [2.45, 2.75) is 6.92 Å². The normalized spacial score (nSPS) is 11.0. The molecule has 114 valence electrons. The number of amides is 1. The van der Waals surface area contributed by atoms with Crippen molar-refractivity contribution in [3.8, 4) is 0 Å². The summed E-state index contributed by atoms with van der Waals surface area (Å²) in [5.74, 6) is -0.321. The number of rotatable bonds is 3. The second kappa shape index (κ2) is 6.27. The van der Waals surface area contributed by atoms with Gasteiger partial charge in [0.25, 0.3) is 11.5 Å². The van der Waals surface area contributed by atoms with E-state index in [1.165, 1.54) is 6.21 Å². The molecule has 5 heteroatoms. The van der Waals surface area contributed by atoms with E-state index in [1.54, 1.807) is 18.2 Å². The molecule has 0 radical (unpaired) electrons. The zero-order valence-electron chi connectivity index (χ0n) is 12.5. The first kappa shape index (κ1) is 14.7. The van der Waals surface area contributed by atoms with E-state index >= 15 is 0 Å². The van der Waals surface area contributed by atoms with Gasteiger partial charge in [-0.15, -0.1) is 0 Å². The maximum Gasteiger partial charge on any atom is 0.271 e. The summed E-state index contributed by atoms with van der Waals surface area (Å²) < 4.78 is 0. The highest BCUT2D eigenvalue weighted by atomic mass is 16.2. The number of pyridine rings is 1. The minimum absolute atomic E-state index is 0.253. The van der Waals surface area contributed by atoms with Gasteiger partial charge in [0.2, 0.25) is 0 Å². The highest BCUT2D eigenvalue weighted by molar-refractivity contribution is 5.95. The van der Waals surface area contributed by atoms with E-state index in [9.17, 15) is 9.59 Å². The molecule has 3 aromatic rings. The standard InChI is InChI=1S/C18H15N3O2/c1-12-6-8-13(9-7-12)18(23)21-19-11-15-10-14-4-2-3-5-16(14)20-17(15)22/h2-11H,1H3,(H,20,22)(H,21,23)/b19-11-. The zero-order chi connectivity index (χ0) is 16.2. The molecule has 0 aliphatic carbocycles. The maximum atomic E-state index is 12.0. The molecule has 2 aromatic carbocycles. The van der Waals surface area contributed by atoms with Crippen molar-refractivity contribution in [3.05, 3.63) is 81.6 Å². The molecule has 0 aliphatic heterocycles. The number of fused-ring (bicyclic) bond motifs is 1. The van der Waals surface area contributed by atoms with Crippen molar-refractivity contribution in [2.24, 2.45) is 5.10 Å². The third kappa shape index (κ3) is 3.35. The third-order valence-corrected chi connectivity index (χ3v) is 3.47. The van der Waals surface area contributed by atoms with Crippen LogP contribution in [0.2, 0.25) is 0 Å². The Kier molecular flexibility index (Phi) is 4.01. The summed E-state index contributed by atoms with van der Waals surface area (Å²) in [5, 5.41) is 4.76. The molecule has 0 fully saturated rings. The molecular formula is C18H15N3O2. The molecule has 2 N–H and O–H groups in total. The monoisotopic (exact) mass is 305 g/mol. The van der Waals surface area contributed by atoms with Crippen LogP contribution in [0.15, 0.2) is 64.5 Å². The Labute approximate surface area is 132 Å². The topological polar surface area (TPSA) is 74.3 Å². The minimum atomic E-state index is -0.321. The lowest BCUT2D eigenvalue weighted by Gasteiger charge is -2.01. The number of nitrogens with one attached hydrogen (secondary N) is 2. The first-order valence-corrected chi connectivity index (χ1v) is 7.15. The van der Waals surface area contributed by atoms with Crippen molar-refractivity contribution in [1.29, 1.82) is 0 Å². The molecule has 5 nitrogen and oxygen atoms in total. The van der Waals surface area contributed by atoms with Gasteiger partial charge < -0.3 is 4.98 Å². The van der Waals surface area contributed by atoms with E-state index in [1.807, 2.05) is 43.3 Å². The van der Waals surface area contributed by atoms with Crippen LogP contribution in [0.25, 0.3) is 10.9 Å². The number of carbonyl (C=O) groups is 1. The van der Waals surface area contributed by atoms with E-state index in [0.717, 1.165) is 16.5 Å². The Bertz CT molecular complexity index is 940. The highest BCUT2D eigenvalue weighted by Gasteiger charge is 2.03. The van der Waals surface area contributed by atoms with Gasteiger partial charge in [-0.1, -0.05) is 35.9 Å². The maximum absolute atomic E-state index is 12.0. The molecule has 3 rings (SSSR count). The van der Waals surface area contributed by atoms with E-state index < -0.39 is 0 Å². The van der Waals surface area contributed by atoms with Crippen LogP contribution in [-0.2, 0) is 0 Å². The van der Waals surface area contributed by atoms with Gasteiger partial charge in [-0.05, 0) is 36.6 Å². The molecule has 0 spiro atoms. The van der Waals surface area contributed by atoms with E-state index in [4.69, 9.17) is 0 Å². The number of aromatic amines is 1. The number of hydrazone groups is 1. The van der Waals surface area contributed by atoms with Crippen LogP contribution in [0.4, 0.5) is 0 Å². The fourth-order valence-corrected chi connectivity index (χ4v) is 2.19. The number of benzene rings is 2. The second-order valence-corrected chi connectivity index (χ2v) is 5.21. The van der Waals surface area contributed by atoms with Crippen LogP contribution in [0.3, 0.4) is 0 Å². The Morgan fingerprint density at radius 1 is 1.13 bits per heavy atom. The van der Waals surface area contributed by atoms with Gasteiger partial charge in [-0.3, -0.25) is 9.59 Å². The summed E-state index contributed by atoms with van der Waals surface area (Å²) >= 11 is 0. The molecule has 0 saturated heterocycles. The molecule has 1 amide bonds. The fraction of sp³-hybridized carbons (Fsp3) is 0.0556. The first-order valence-electron chi connectivity index (χ1n) is 7.15. The summed E-state index contributed by atoms with van der Waals surface area (Å²) in [4.78, 5) is 26.7. The number of hydrogen-bond donors (Lipinski definition) is 2. The SMILES string of the molecule is Cc1ccc(C(=O)N/N=C\c2cc3ccccc3[nH]c2=O)cc1. The van der Waals surface area contributed by atoms with E-state index in [2.05, 4.69) is 15.5 Å². The molecular weight excluding hydrogens is 290 g/mol. The van der Waals surface area contributed by atoms with E-state index in [0.29, 0.717) is 11.1 Å². The average Bonchev–Trinajstić information content (AvgIpc) is 2.56. The average molecular weight is 305 g/mol. The van der Waals surface area contributed by atoms with Crippen LogP contribution in [0, 0.1) is 6.92 Å². The molecule has 0 bridgehead atoms. The van der Waals surface area contributed by atoms with Crippen LogP contribution >= 0.6 is 0 Å². The molecule has 23 heavy (non-hydrogen) atoms. The van der Waals surface area contributed by atoms with Crippen LogP contribution in [0.5, 0.6) is 0 Å². The molecule has 0 saturated carbocycles. The molecule has 0 aliphatic rings.